The molecule has 0 aromatic heterocycles. The van der Waals surface area contributed by atoms with Gasteiger partial charge in [-0.15, -0.1) is 0 Å². The van der Waals surface area contributed by atoms with Crippen molar-refractivity contribution in [3.8, 4) is 0 Å². The Kier molecular flexibility index (Phi) is 7.89. The summed E-state index contributed by atoms with van der Waals surface area (Å²) in [5.41, 5.74) is 4.73. The summed E-state index contributed by atoms with van der Waals surface area (Å²) in [6.45, 7) is 8.69. The van der Waals surface area contributed by atoms with Gasteiger partial charge in [-0.25, -0.2) is 8.42 Å². The fourth-order valence-electron chi connectivity index (χ4n) is 6.56. The molecule has 1 aromatic rings. The van der Waals surface area contributed by atoms with Crippen molar-refractivity contribution in [2.75, 3.05) is 5.75 Å². The van der Waals surface area contributed by atoms with E-state index in [1.807, 2.05) is 6.07 Å². The molecule has 0 radical (unpaired) electrons. The Bertz CT molecular complexity index is 1130. The number of rotatable bonds is 7. The lowest BCUT2D eigenvalue weighted by molar-refractivity contribution is 0.0862. The molecule has 0 aliphatic heterocycles. The number of hydrogen-bond acceptors (Lipinski definition) is 4. The highest BCUT2D eigenvalue weighted by molar-refractivity contribution is 7.91. The second-order valence-electron chi connectivity index (χ2n) is 11.0. The predicted molar refractivity (Wildman–Crippen MR) is 142 cm³/mol. The molecule has 3 aliphatic rings. The van der Waals surface area contributed by atoms with Gasteiger partial charge in [-0.1, -0.05) is 68.0 Å². The smallest absolute Gasteiger partial charge is 0.178 e. The van der Waals surface area contributed by atoms with Crippen molar-refractivity contribution in [2.24, 2.45) is 17.3 Å². The molecule has 3 aliphatic carbocycles. The largest absolute Gasteiger partial charge is 0.393 e. The lowest BCUT2D eigenvalue weighted by Gasteiger charge is -2.42. The quantitative estimate of drug-likeness (QED) is 0.458. The van der Waals surface area contributed by atoms with E-state index >= 15 is 0 Å². The van der Waals surface area contributed by atoms with Gasteiger partial charge in [0.1, 0.15) is 0 Å². The van der Waals surface area contributed by atoms with E-state index < -0.39 is 22.0 Å². The Hall–Kier alpha value is -1.95. The van der Waals surface area contributed by atoms with Crippen LogP contribution in [0.15, 0.2) is 82.3 Å². The molecular formula is C30H40O4S. The highest BCUT2D eigenvalue weighted by Gasteiger charge is 2.45. The third-order valence-electron chi connectivity index (χ3n) is 8.56. The molecule has 2 N–H and O–H groups in total. The van der Waals surface area contributed by atoms with Crippen LogP contribution in [0.3, 0.4) is 0 Å². The standard InChI is InChI=1S/C30H40O4S/c1-21(9-8-18-35(33,34)26-11-5-4-6-12-26)27-15-16-28-23(10-7-17-30(27,28)3)13-14-24-19-25(31)20-29(32)22(24)2/h4-6,11-15,21,25,28-29,31-32H,2,7-10,16-20H2,1,3H3/b23-13+,24-14-/t21-,25+,28+,29-,30-/m1/s1. The summed E-state index contributed by atoms with van der Waals surface area (Å²) in [7, 11) is -3.24. The van der Waals surface area contributed by atoms with E-state index in [1.54, 1.807) is 24.3 Å². The minimum absolute atomic E-state index is 0.114. The van der Waals surface area contributed by atoms with Gasteiger partial charge in [0, 0.05) is 6.42 Å². The summed E-state index contributed by atoms with van der Waals surface area (Å²) in [6.07, 6.45) is 12.4. The summed E-state index contributed by atoms with van der Waals surface area (Å²) < 4.78 is 25.3. The monoisotopic (exact) mass is 496 g/mol. The summed E-state index contributed by atoms with van der Waals surface area (Å²) in [5.74, 6) is 1.01. The van der Waals surface area contributed by atoms with Gasteiger partial charge in [-0.2, -0.15) is 0 Å². The summed E-state index contributed by atoms with van der Waals surface area (Å²) in [6, 6.07) is 8.75. The summed E-state index contributed by atoms with van der Waals surface area (Å²) in [4.78, 5) is 0.414. The summed E-state index contributed by atoms with van der Waals surface area (Å²) in [5, 5.41) is 20.2. The molecule has 1 aromatic carbocycles. The molecule has 0 unspecified atom stereocenters. The number of aliphatic hydroxyl groups excluding tert-OH is 2. The van der Waals surface area contributed by atoms with Crippen molar-refractivity contribution < 1.29 is 18.6 Å². The number of fused-ring (bicyclic) bond motifs is 1. The van der Waals surface area contributed by atoms with Crippen molar-refractivity contribution in [2.45, 2.75) is 82.3 Å². The van der Waals surface area contributed by atoms with Gasteiger partial charge in [0.15, 0.2) is 9.84 Å². The van der Waals surface area contributed by atoms with E-state index in [2.05, 4.69) is 38.7 Å². The molecule has 4 rings (SSSR count). The number of benzene rings is 1. The lowest BCUT2D eigenvalue weighted by atomic mass is 9.62. The number of sulfone groups is 1. The van der Waals surface area contributed by atoms with Gasteiger partial charge in [0.25, 0.3) is 0 Å². The SMILES string of the molecule is C=C1/C(=C\C=C2/CCC[C@]3(C)C([C@H](C)CCCS(=O)(=O)c4ccccc4)=CC[C@@H]23)C[C@H](O)C[C@H]1O. The minimum atomic E-state index is -3.24. The van der Waals surface area contributed by atoms with Gasteiger partial charge < -0.3 is 10.2 Å². The van der Waals surface area contributed by atoms with Crippen molar-refractivity contribution in [3.05, 3.63) is 77.4 Å². The Morgan fingerprint density at radius 2 is 1.94 bits per heavy atom. The average molecular weight is 497 g/mol. The highest BCUT2D eigenvalue weighted by atomic mass is 32.2. The molecule has 0 saturated heterocycles. The van der Waals surface area contributed by atoms with Crippen molar-refractivity contribution in [1.82, 2.24) is 0 Å². The Morgan fingerprint density at radius 3 is 2.69 bits per heavy atom. The van der Waals surface area contributed by atoms with Crippen LogP contribution in [0.2, 0.25) is 0 Å². The zero-order chi connectivity index (χ0) is 25.2. The molecule has 0 bridgehead atoms. The summed E-state index contributed by atoms with van der Waals surface area (Å²) >= 11 is 0. The lowest BCUT2D eigenvalue weighted by Crippen LogP contribution is -2.32. The molecule has 5 atom stereocenters. The first-order chi connectivity index (χ1) is 16.6. The number of aliphatic hydroxyl groups is 2. The molecule has 2 fully saturated rings. The Balaban J connectivity index is 1.41. The van der Waals surface area contributed by atoms with E-state index in [-0.39, 0.29) is 11.2 Å². The molecule has 2 saturated carbocycles. The van der Waals surface area contributed by atoms with Crippen LogP contribution in [0.25, 0.3) is 0 Å². The van der Waals surface area contributed by atoms with E-state index in [1.165, 1.54) is 11.1 Å². The molecule has 0 heterocycles. The Labute approximate surface area is 211 Å². The first-order valence-electron chi connectivity index (χ1n) is 13.0. The maximum atomic E-state index is 12.7. The highest BCUT2D eigenvalue weighted by Crippen LogP contribution is 2.57. The molecule has 0 amide bonds. The first-order valence-corrected chi connectivity index (χ1v) is 14.7. The third kappa shape index (κ3) is 5.58. The van der Waals surface area contributed by atoms with E-state index in [0.29, 0.717) is 36.0 Å². The van der Waals surface area contributed by atoms with E-state index in [0.717, 1.165) is 43.3 Å². The van der Waals surface area contributed by atoms with Crippen LogP contribution in [0.4, 0.5) is 0 Å². The average Bonchev–Trinajstić information content (AvgIpc) is 3.18. The van der Waals surface area contributed by atoms with Crippen molar-refractivity contribution in [3.63, 3.8) is 0 Å². The van der Waals surface area contributed by atoms with Crippen LogP contribution >= 0.6 is 0 Å². The number of allylic oxidation sites excluding steroid dienone is 5. The zero-order valence-corrected chi connectivity index (χ0v) is 21.9. The van der Waals surface area contributed by atoms with Crippen LogP contribution in [0, 0.1) is 17.3 Å². The molecule has 4 nitrogen and oxygen atoms in total. The van der Waals surface area contributed by atoms with E-state index in [9.17, 15) is 18.6 Å². The second kappa shape index (κ2) is 10.6. The van der Waals surface area contributed by atoms with Gasteiger partial charge >= 0.3 is 0 Å². The van der Waals surface area contributed by atoms with Crippen molar-refractivity contribution >= 4 is 9.84 Å². The predicted octanol–water partition coefficient (Wildman–Crippen LogP) is 5.94. The Morgan fingerprint density at radius 1 is 1.20 bits per heavy atom. The molecule has 0 spiro atoms. The molecule has 190 valence electrons. The van der Waals surface area contributed by atoms with E-state index in [4.69, 9.17) is 0 Å². The second-order valence-corrected chi connectivity index (χ2v) is 13.1. The first kappa shape index (κ1) is 26.1. The van der Waals surface area contributed by atoms with Crippen LogP contribution in [-0.2, 0) is 9.84 Å². The van der Waals surface area contributed by atoms with Gasteiger partial charge in [0.05, 0.1) is 22.9 Å². The van der Waals surface area contributed by atoms with Crippen molar-refractivity contribution in [1.29, 1.82) is 0 Å². The van der Waals surface area contributed by atoms with Crippen LogP contribution in [0.1, 0.15) is 65.2 Å². The molecule has 35 heavy (non-hydrogen) atoms. The minimum Gasteiger partial charge on any atom is -0.393 e. The van der Waals surface area contributed by atoms with Crippen LogP contribution < -0.4 is 0 Å². The fraction of sp³-hybridized carbons (Fsp3) is 0.533. The van der Waals surface area contributed by atoms with Crippen LogP contribution in [-0.4, -0.2) is 36.6 Å². The number of hydrogen-bond donors (Lipinski definition) is 2. The maximum absolute atomic E-state index is 12.7. The molecular weight excluding hydrogens is 456 g/mol. The fourth-order valence-corrected chi connectivity index (χ4v) is 7.92. The van der Waals surface area contributed by atoms with Gasteiger partial charge in [-0.3, -0.25) is 0 Å². The normalized spacial score (nSPS) is 32.5. The molecule has 5 heteroatoms. The van der Waals surface area contributed by atoms with Crippen LogP contribution in [0.5, 0.6) is 0 Å². The topological polar surface area (TPSA) is 74.6 Å². The van der Waals surface area contributed by atoms with Gasteiger partial charge in [0.2, 0.25) is 0 Å². The third-order valence-corrected chi connectivity index (χ3v) is 10.4. The maximum Gasteiger partial charge on any atom is 0.178 e. The zero-order valence-electron chi connectivity index (χ0n) is 21.1. The van der Waals surface area contributed by atoms with Gasteiger partial charge in [-0.05, 0) is 85.5 Å².